The molecule has 0 aromatic carbocycles. The lowest BCUT2D eigenvalue weighted by Crippen LogP contribution is -2.28. The summed E-state index contributed by atoms with van der Waals surface area (Å²) in [6, 6.07) is 0. The van der Waals surface area contributed by atoms with E-state index in [1.54, 1.807) is 7.11 Å². The fourth-order valence-corrected chi connectivity index (χ4v) is 1.37. The zero-order valence-electron chi connectivity index (χ0n) is 9.77. The molecule has 0 saturated carbocycles. The number of rotatable bonds is 6. The molecule has 0 aliphatic rings. The molecule has 1 amide bonds. The van der Waals surface area contributed by atoms with Gasteiger partial charge in [0.05, 0.1) is 6.20 Å². The van der Waals surface area contributed by atoms with Crippen LogP contribution in [0.1, 0.15) is 27.3 Å². The number of aromatic carboxylic acids is 1. The van der Waals surface area contributed by atoms with Crippen molar-refractivity contribution in [2.75, 3.05) is 20.3 Å². The summed E-state index contributed by atoms with van der Waals surface area (Å²) in [4.78, 5) is 22.6. The molecule has 0 bridgehead atoms. The van der Waals surface area contributed by atoms with Crippen LogP contribution in [0.25, 0.3) is 0 Å². The maximum absolute atomic E-state index is 11.7. The Bertz CT molecular complexity index is 414. The normalized spacial score (nSPS) is 10.2. The lowest BCUT2D eigenvalue weighted by molar-refractivity contribution is 0.0690. The number of aromatic nitrogens is 2. The number of carbonyl (C=O) groups excluding carboxylic acids is 1. The molecule has 7 heteroatoms. The second-order valence-electron chi connectivity index (χ2n) is 3.44. The number of methoxy groups -OCH3 is 1. The molecule has 0 spiro atoms. The van der Waals surface area contributed by atoms with Crippen molar-refractivity contribution >= 4 is 11.9 Å². The minimum atomic E-state index is -1.17. The second kappa shape index (κ2) is 6.00. The summed E-state index contributed by atoms with van der Waals surface area (Å²) in [5.74, 6) is -1.61. The van der Waals surface area contributed by atoms with Crippen molar-refractivity contribution in [3.8, 4) is 0 Å². The Morgan fingerprint density at radius 2 is 2.29 bits per heavy atom. The second-order valence-corrected chi connectivity index (χ2v) is 3.44. The van der Waals surface area contributed by atoms with E-state index in [4.69, 9.17) is 9.84 Å². The predicted octanol–water partition coefficient (Wildman–Crippen LogP) is -0.115. The number of aryl methyl sites for hydroxylation is 1. The Morgan fingerprint density at radius 1 is 1.59 bits per heavy atom. The van der Waals surface area contributed by atoms with E-state index in [1.807, 2.05) is 0 Å². The first-order chi connectivity index (χ1) is 8.07. The van der Waals surface area contributed by atoms with Gasteiger partial charge in [0, 0.05) is 27.3 Å². The molecule has 0 aliphatic heterocycles. The number of hydrogen-bond acceptors (Lipinski definition) is 4. The zero-order valence-corrected chi connectivity index (χ0v) is 9.77. The quantitative estimate of drug-likeness (QED) is 0.677. The van der Waals surface area contributed by atoms with Gasteiger partial charge >= 0.3 is 5.97 Å². The van der Waals surface area contributed by atoms with Gasteiger partial charge in [-0.2, -0.15) is 5.10 Å². The topological polar surface area (TPSA) is 93.4 Å². The van der Waals surface area contributed by atoms with Gasteiger partial charge in [-0.25, -0.2) is 4.79 Å². The Hall–Kier alpha value is -1.89. The number of hydrogen-bond donors (Lipinski definition) is 2. The van der Waals surface area contributed by atoms with Crippen LogP contribution in [0.2, 0.25) is 0 Å². The highest BCUT2D eigenvalue weighted by molar-refractivity contribution is 6.03. The highest BCUT2D eigenvalue weighted by atomic mass is 16.5. The fraction of sp³-hybridized carbons (Fsp3) is 0.500. The molecular weight excluding hydrogens is 226 g/mol. The van der Waals surface area contributed by atoms with Gasteiger partial charge < -0.3 is 15.2 Å². The van der Waals surface area contributed by atoms with Crippen LogP contribution >= 0.6 is 0 Å². The Morgan fingerprint density at radius 3 is 2.88 bits per heavy atom. The Balaban J connectivity index is 2.68. The molecule has 1 aromatic rings. The molecule has 2 N–H and O–H groups in total. The maximum Gasteiger partial charge on any atom is 0.339 e. The number of nitrogens with zero attached hydrogens (tertiary/aromatic N) is 2. The van der Waals surface area contributed by atoms with Crippen LogP contribution in [0.3, 0.4) is 0 Å². The SMILES string of the molecule is COCCCNC(=O)c1c(C(=O)O)cnn1C. The molecule has 1 heterocycles. The number of amides is 1. The van der Waals surface area contributed by atoms with Gasteiger partial charge in [0.2, 0.25) is 0 Å². The molecule has 0 fully saturated rings. The van der Waals surface area contributed by atoms with Crippen LogP contribution in [0.15, 0.2) is 6.20 Å². The van der Waals surface area contributed by atoms with Gasteiger partial charge in [0.25, 0.3) is 5.91 Å². The van der Waals surface area contributed by atoms with E-state index in [0.717, 1.165) is 6.20 Å². The molecule has 0 atom stereocenters. The molecule has 0 aliphatic carbocycles. The summed E-state index contributed by atoms with van der Waals surface area (Å²) >= 11 is 0. The molecular formula is C10H15N3O4. The van der Waals surface area contributed by atoms with Gasteiger partial charge in [-0.15, -0.1) is 0 Å². The van der Waals surface area contributed by atoms with Gasteiger partial charge in [0.15, 0.2) is 0 Å². The lowest BCUT2D eigenvalue weighted by Gasteiger charge is -2.06. The van der Waals surface area contributed by atoms with Crippen molar-refractivity contribution in [1.82, 2.24) is 15.1 Å². The van der Waals surface area contributed by atoms with Crippen LogP contribution in [-0.2, 0) is 11.8 Å². The largest absolute Gasteiger partial charge is 0.478 e. The highest BCUT2D eigenvalue weighted by Gasteiger charge is 2.20. The van der Waals surface area contributed by atoms with Crippen molar-refractivity contribution in [3.63, 3.8) is 0 Å². The van der Waals surface area contributed by atoms with Gasteiger partial charge in [-0.1, -0.05) is 0 Å². The van der Waals surface area contributed by atoms with E-state index < -0.39 is 11.9 Å². The van der Waals surface area contributed by atoms with Gasteiger partial charge in [0.1, 0.15) is 11.3 Å². The summed E-state index contributed by atoms with van der Waals surface area (Å²) in [5, 5.41) is 15.3. The number of carboxylic acids is 1. The first kappa shape index (κ1) is 13.2. The van der Waals surface area contributed by atoms with E-state index >= 15 is 0 Å². The Kier molecular flexibility index (Phi) is 4.65. The summed E-state index contributed by atoms with van der Waals surface area (Å²) in [5.41, 5.74) is -0.0494. The van der Waals surface area contributed by atoms with Crippen LogP contribution < -0.4 is 5.32 Å². The third kappa shape index (κ3) is 3.28. The van der Waals surface area contributed by atoms with Crippen molar-refractivity contribution < 1.29 is 19.4 Å². The number of carbonyl (C=O) groups is 2. The first-order valence-corrected chi connectivity index (χ1v) is 5.10. The van der Waals surface area contributed by atoms with E-state index in [1.165, 1.54) is 11.7 Å². The lowest BCUT2D eigenvalue weighted by atomic mass is 10.2. The van der Waals surface area contributed by atoms with Crippen molar-refractivity contribution in [2.24, 2.45) is 7.05 Å². The number of carboxylic acid groups (broad SMARTS) is 1. The summed E-state index contributed by atoms with van der Waals surface area (Å²) in [6.45, 7) is 0.967. The first-order valence-electron chi connectivity index (χ1n) is 5.10. The predicted molar refractivity (Wildman–Crippen MR) is 59.0 cm³/mol. The summed E-state index contributed by atoms with van der Waals surface area (Å²) < 4.78 is 6.08. The van der Waals surface area contributed by atoms with Crippen molar-refractivity contribution in [3.05, 3.63) is 17.5 Å². The van der Waals surface area contributed by atoms with E-state index in [2.05, 4.69) is 10.4 Å². The molecule has 7 nitrogen and oxygen atoms in total. The molecule has 17 heavy (non-hydrogen) atoms. The van der Waals surface area contributed by atoms with Crippen LogP contribution in [0.5, 0.6) is 0 Å². The standard InChI is InChI=1S/C10H15N3O4/c1-13-8(7(6-12-13)10(15)16)9(14)11-4-3-5-17-2/h6H,3-5H2,1-2H3,(H,11,14)(H,15,16). The molecule has 0 radical (unpaired) electrons. The monoisotopic (exact) mass is 241 g/mol. The molecule has 94 valence electrons. The van der Waals surface area contributed by atoms with Crippen LogP contribution in [-0.4, -0.2) is 47.0 Å². The van der Waals surface area contributed by atoms with Gasteiger partial charge in [-0.05, 0) is 6.42 Å². The molecule has 1 rings (SSSR count). The van der Waals surface area contributed by atoms with Crippen LogP contribution in [0.4, 0.5) is 0 Å². The minimum Gasteiger partial charge on any atom is -0.478 e. The minimum absolute atomic E-state index is 0.0508. The molecule has 1 aromatic heterocycles. The summed E-state index contributed by atoms with van der Waals surface area (Å²) in [7, 11) is 3.10. The molecule has 0 unspecified atom stereocenters. The third-order valence-corrected chi connectivity index (χ3v) is 2.20. The zero-order chi connectivity index (χ0) is 12.8. The number of nitrogens with one attached hydrogen (secondary N) is 1. The van der Waals surface area contributed by atoms with Gasteiger partial charge in [-0.3, -0.25) is 9.48 Å². The van der Waals surface area contributed by atoms with Crippen LogP contribution in [0, 0.1) is 0 Å². The maximum atomic E-state index is 11.7. The average molecular weight is 241 g/mol. The van der Waals surface area contributed by atoms with Crippen molar-refractivity contribution in [1.29, 1.82) is 0 Å². The van der Waals surface area contributed by atoms with E-state index in [-0.39, 0.29) is 11.3 Å². The molecule has 0 saturated heterocycles. The third-order valence-electron chi connectivity index (χ3n) is 2.20. The Labute approximate surface area is 98.4 Å². The fourth-order valence-electron chi connectivity index (χ4n) is 1.37. The smallest absolute Gasteiger partial charge is 0.339 e. The highest BCUT2D eigenvalue weighted by Crippen LogP contribution is 2.07. The average Bonchev–Trinajstić information content (AvgIpc) is 2.66. The number of ether oxygens (including phenoxy) is 1. The summed E-state index contributed by atoms with van der Waals surface area (Å²) in [6.07, 6.45) is 1.83. The van der Waals surface area contributed by atoms with Crippen molar-refractivity contribution in [2.45, 2.75) is 6.42 Å². The van der Waals surface area contributed by atoms with E-state index in [0.29, 0.717) is 19.6 Å². The van der Waals surface area contributed by atoms with E-state index in [9.17, 15) is 9.59 Å².